The number of hydrogen-bond acceptors (Lipinski definition) is 4. The fourth-order valence-corrected chi connectivity index (χ4v) is 3.80. The van der Waals surface area contributed by atoms with Gasteiger partial charge in [0.2, 0.25) is 0 Å². The van der Waals surface area contributed by atoms with Crippen molar-refractivity contribution < 1.29 is 13.7 Å². The van der Waals surface area contributed by atoms with Crippen LogP contribution in [0.4, 0.5) is 20.2 Å². The van der Waals surface area contributed by atoms with Crippen LogP contribution in [0.15, 0.2) is 18.2 Å². The van der Waals surface area contributed by atoms with Gasteiger partial charge in [-0.15, -0.1) is 0 Å². The third kappa shape index (κ3) is 4.06. The monoisotopic (exact) mass is 316 g/mol. The molecule has 2 rings (SSSR count). The molecule has 1 aromatic rings. The lowest BCUT2D eigenvalue weighted by Crippen LogP contribution is -2.17. The zero-order valence-electron chi connectivity index (χ0n) is 11.7. The van der Waals surface area contributed by atoms with Crippen LogP contribution in [0.1, 0.15) is 38.2 Å². The molecule has 2 unspecified atom stereocenters. The van der Waals surface area contributed by atoms with Gasteiger partial charge in [0, 0.05) is 34.7 Å². The first-order valence-corrected chi connectivity index (χ1v) is 8.00. The van der Waals surface area contributed by atoms with Crippen molar-refractivity contribution in [1.29, 1.82) is 0 Å². The second kappa shape index (κ2) is 7.06. The summed E-state index contributed by atoms with van der Waals surface area (Å²) in [6.45, 7) is 2.11. The fourth-order valence-electron chi connectivity index (χ4n) is 2.65. The fraction of sp³-hybridized carbons (Fsp3) is 0.571. The number of nitrogens with one attached hydrogen (secondary N) is 1. The lowest BCUT2D eigenvalue weighted by molar-refractivity contribution is -0.385. The number of anilines is 1. The zero-order valence-corrected chi connectivity index (χ0v) is 12.5. The van der Waals surface area contributed by atoms with Gasteiger partial charge in [0.05, 0.1) is 4.92 Å². The van der Waals surface area contributed by atoms with Crippen LogP contribution in [-0.2, 0) is 0 Å². The summed E-state index contributed by atoms with van der Waals surface area (Å²) in [7, 11) is 0. The molecule has 1 aliphatic carbocycles. The van der Waals surface area contributed by atoms with E-state index in [0.717, 1.165) is 31.1 Å². The largest absolute Gasteiger partial charge is 0.382 e. The third-order valence-corrected chi connectivity index (χ3v) is 4.86. The maximum absolute atomic E-state index is 13.1. The Bertz CT molecular complexity index is 514. The van der Waals surface area contributed by atoms with Crippen molar-refractivity contribution in [1.82, 2.24) is 0 Å². The maximum atomic E-state index is 13.1. The van der Waals surface area contributed by atoms with E-state index in [1.807, 2.05) is 11.8 Å². The van der Waals surface area contributed by atoms with E-state index in [0.29, 0.717) is 10.9 Å². The summed E-state index contributed by atoms with van der Waals surface area (Å²) in [5.41, 5.74) is -0.291. The summed E-state index contributed by atoms with van der Waals surface area (Å²) >= 11 is 1.89. The van der Waals surface area contributed by atoms with E-state index in [2.05, 4.69) is 12.2 Å². The van der Waals surface area contributed by atoms with E-state index in [1.165, 1.54) is 12.1 Å². The maximum Gasteiger partial charge on any atom is 0.270 e. The lowest BCUT2D eigenvalue weighted by atomic mass is 10.1. The number of nitro benzene ring substituents is 1. The summed E-state index contributed by atoms with van der Waals surface area (Å²) in [5.74, 6) is 1.05. The number of rotatable bonds is 6. The summed E-state index contributed by atoms with van der Waals surface area (Å²) in [6, 6.07) is 3.77. The summed E-state index contributed by atoms with van der Waals surface area (Å²) in [5, 5.41) is 14.4. The van der Waals surface area contributed by atoms with Crippen molar-refractivity contribution in [2.75, 3.05) is 11.1 Å². The van der Waals surface area contributed by atoms with Gasteiger partial charge < -0.3 is 5.32 Å². The van der Waals surface area contributed by atoms with Gasteiger partial charge in [0.15, 0.2) is 0 Å². The third-order valence-electron chi connectivity index (χ3n) is 3.63. The molecule has 1 fully saturated rings. The molecule has 0 spiro atoms. The van der Waals surface area contributed by atoms with E-state index in [1.54, 1.807) is 0 Å². The number of nitrogens with zero attached hydrogens (tertiary/aromatic N) is 1. The second-order valence-corrected chi connectivity index (χ2v) is 6.64. The Kier molecular flexibility index (Phi) is 5.39. The van der Waals surface area contributed by atoms with E-state index in [4.69, 9.17) is 0 Å². The van der Waals surface area contributed by atoms with Gasteiger partial charge in [-0.05, 0) is 31.1 Å². The summed E-state index contributed by atoms with van der Waals surface area (Å²) < 4.78 is 26.2. The van der Waals surface area contributed by atoms with Gasteiger partial charge in [0.1, 0.15) is 0 Å². The van der Waals surface area contributed by atoms with Crippen LogP contribution in [0, 0.1) is 10.1 Å². The molecular weight excluding hydrogens is 298 g/mol. The van der Waals surface area contributed by atoms with Crippen LogP contribution in [-0.4, -0.2) is 22.0 Å². The average Bonchev–Trinajstić information content (AvgIpc) is 2.86. The van der Waals surface area contributed by atoms with Crippen LogP contribution >= 0.6 is 11.8 Å². The van der Waals surface area contributed by atoms with Crippen molar-refractivity contribution in [3.8, 4) is 0 Å². The molecule has 0 radical (unpaired) electrons. The van der Waals surface area contributed by atoms with Crippen LogP contribution < -0.4 is 5.32 Å². The van der Waals surface area contributed by atoms with E-state index in [-0.39, 0.29) is 17.3 Å². The van der Waals surface area contributed by atoms with Crippen LogP contribution in [0.25, 0.3) is 0 Å². The molecule has 0 saturated heterocycles. The highest BCUT2D eigenvalue weighted by atomic mass is 32.2. The van der Waals surface area contributed by atoms with Gasteiger partial charge in [0.25, 0.3) is 12.1 Å². The second-order valence-electron chi connectivity index (χ2n) is 5.06. The van der Waals surface area contributed by atoms with Crippen molar-refractivity contribution in [2.45, 2.75) is 43.9 Å². The molecule has 1 saturated carbocycles. The standard InChI is InChI=1S/C14H18F2N2O2S/c1-2-21-11-5-3-9(7-11)17-13-6-4-10(18(19)20)8-12(13)14(15)16/h4,6,8-9,11,14,17H,2-3,5,7H2,1H3. The Hall–Kier alpha value is -1.37. The Labute approximate surface area is 126 Å². The Morgan fingerprint density at radius 3 is 2.86 bits per heavy atom. The molecule has 21 heavy (non-hydrogen) atoms. The molecule has 1 aromatic carbocycles. The van der Waals surface area contributed by atoms with Crippen molar-refractivity contribution >= 4 is 23.1 Å². The number of non-ortho nitro benzene ring substituents is 1. The molecule has 0 bridgehead atoms. The number of benzene rings is 1. The van der Waals surface area contributed by atoms with E-state index >= 15 is 0 Å². The van der Waals surface area contributed by atoms with Gasteiger partial charge >= 0.3 is 0 Å². The average molecular weight is 316 g/mol. The van der Waals surface area contributed by atoms with Gasteiger partial charge in [-0.3, -0.25) is 10.1 Å². The topological polar surface area (TPSA) is 55.2 Å². The first-order chi connectivity index (χ1) is 10.0. The molecule has 0 amide bonds. The summed E-state index contributed by atoms with van der Waals surface area (Å²) in [4.78, 5) is 10.0. The lowest BCUT2D eigenvalue weighted by Gasteiger charge is -2.17. The molecule has 7 heteroatoms. The number of alkyl halides is 2. The Morgan fingerprint density at radius 1 is 1.48 bits per heavy atom. The minimum atomic E-state index is -2.73. The highest BCUT2D eigenvalue weighted by Crippen LogP contribution is 2.35. The van der Waals surface area contributed by atoms with Gasteiger partial charge in [-0.2, -0.15) is 11.8 Å². The van der Waals surface area contributed by atoms with Gasteiger partial charge in [-0.25, -0.2) is 8.78 Å². The quantitative estimate of drug-likeness (QED) is 0.614. The van der Waals surface area contributed by atoms with Crippen molar-refractivity contribution in [2.24, 2.45) is 0 Å². The predicted octanol–water partition coefficient (Wildman–Crippen LogP) is 4.62. The minimum absolute atomic E-state index is 0.160. The Morgan fingerprint density at radius 2 is 2.24 bits per heavy atom. The molecule has 0 aliphatic heterocycles. The first-order valence-electron chi connectivity index (χ1n) is 6.96. The van der Waals surface area contributed by atoms with E-state index in [9.17, 15) is 18.9 Å². The zero-order chi connectivity index (χ0) is 15.4. The molecule has 4 nitrogen and oxygen atoms in total. The van der Waals surface area contributed by atoms with Crippen molar-refractivity contribution in [3.05, 3.63) is 33.9 Å². The highest BCUT2D eigenvalue weighted by Gasteiger charge is 2.26. The molecule has 1 aliphatic rings. The molecule has 0 aromatic heterocycles. The van der Waals surface area contributed by atoms with Crippen molar-refractivity contribution in [3.63, 3.8) is 0 Å². The smallest absolute Gasteiger partial charge is 0.270 e. The minimum Gasteiger partial charge on any atom is -0.382 e. The highest BCUT2D eigenvalue weighted by molar-refractivity contribution is 7.99. The summed E-state index contributed by atoms with van der Waals surface area (Å²) in [6.07, 6.45) is 0.234. The number of hydrogen-bond donors (Lipinski definition) is 1. The number of halogens is 2. The van der Waals surface area contributed by atoms with Gasteiger partial charge in [-0.1, -0.05) is 6.92 Å². The molecule has 2 atom stereocenters. The normalized spacial score (nSPS) is 21.7. The van der Waals surface area contributed by atoms with Crippen LogP contribution in [0.5, 0.6) is 0 Å². The predicted molar refractivity (Wildman–Crippen MR) is 81.2 cm³/mol. The molecule has 1 N–H and O–H groups in total. The molecular formula is C14H18F2N2O2S. The van der Waals surface area contributed by atoms with Crippen LogP contribution in [0.3, 0.4) is 0 Å². The SMILES string of the molecule is CCSC1CCC(Nc2ccc([N+](=O)[O-])cc2C(F)F)C1. The van der Waals surface area contributed by atoms with Crippen LogP contribution in [0.2, 0.25) is 0 Å². The van der Waals surface area contributed by atoms with E-state index < -0.39 is 11.3 Å². The number of thioether (sulfide) groups is 1. The number of nitro groups is 1. The Balaban J connectivity index is 2.11. The first kappa shape index (κ1) is 16.0. The molecule has 0 heterocycles. The molecule has 116 valence electrons.